The molecule has 146 valence electrons. The van der Waals surface area contributed by atoms with Gasteiger partial charge in [0.2, 0.25) is 0 Å². The lowest BCUT2D eigenvalue weighted by Gasteiger charge is -2.30. The SMILES string of the molecule is CC(C)N1CCc2c(sc(NC(=O)c3ccc(-c4ccccc4)cc3)c2C#N)C1. The van der Waals surface area contributed by atoms with Gasteiger partial charge in [0.1, 0.15) is 11.1 Å². The van der Waals surface area contributed by atoms with Crippen LogP contribution in [0.2, 0.25) is 0 Å². The summed E-state index contributed by atoms with van der Waals surface area (Å²) in [6, 6.07) is 20.4. The highest BCUT2D eigenvalue weighted by atomic mass is 32.1. The van der Waals surface area contributed by atoms with Gasteiger partial charge < -0.3 is 5.32 Å². The lowest BCUT2D eigenvalue weighted by atomic mass is 10.0. The van der Waals surface area contributed by atoms with Crippen LogP contribution in [0.15, 0.2) is 54.6 Å². The number of hydrogen-bond acceptors (Lipinski definition) is 4. The Labute approximate surface area is 175 Å². The monoisotopic (exact) mass is 401 g/mol. The molecule has 0 saturated carbocycles. The molecular formula is C24H23N3OS. The first-order chi connectivity index (χ1) is 14.1. The summed E-state index contributed by atoms with van der Waals surface area (Å²) in [6.45, 7) is 6.16. The molecule has 4 rings (SSSR count). The minimum atomic E-state index is -0.180. The number of hydrogen-bond donors (Lipinski definition) is 1. The van der Waals surface area contributed by atoms with Crippen molar-refractivity contribution in [2.45, 2.75) is 32.9 Å². The predicted octanol–water partition coefficient (Wildman–Crippen LogP) is 5.31. The van der Waals surface area contributed by atoms with E-state index in [1.165, 1.54) is 16.2 Å². The number of fused-ring (bicyclic) bond motifs is 1. The Bertz CT molecular complexity index is 1060. The van der Waals surface area contributed by atoms with Crippen LogP contribution in [0.1, 0.15) is 40.2 Å². The quantitative estimate of drug-likeness (QED) is 0.645. The fraction of sp³-hybridized carbons (Fsp3) is 0.250. The number of carbonyl (C=O) groups excluding carboxylic acids is 1. The first kappa shape index (κ1) is 19.4. The molecule has 1 aromatic heterocycles. The lowest BCUT2D eigenvalue weighted by molar-refractivity contribution is 0.102. The van der Waals surface area contributed by atoms with Crippen LogP contribution >= 0.6 is 11.3 Å². The van der Waals surface area contributed by atoms with Gasteiger partial charge in [0.15, 0.2) is 0 Å². The third-order valence-corrected chi connectivity index (χ3v) is 6.54. The lowest BCUT2D eigenvalue weighted by Crippen LogP contribution is -2.35. The fourth-order valence-corrected chi connectivity index (χ4v) is 4.91. The van der Waals surface area contributed by atoms with Gasteiger partial charge in [-0.05, 0) is 49.1 Å². The molecule has 0 radical (unpaired) electrons. The number of rotatable bonds is 4. The molecule has 1 aliphatic rings. The summed E-state index contributed by atoms with van der Waals surface area (Å²) in [4.78, 5) is 16.4. The topological polar surface area (TPSA) is 56.1 Å². The van der Waals surface area contributed by atoms with Crippen LogP contribution in [-0.4, -0.2) is 23.4 Å². The number of anilines is 1. The number of nitriles is 1. The van der Waals surface area contributed by atoms with Crippen molar-refractivity contribution in [2.24, 2.45) is 0 Å². The van der Waals surface area contributed by atoms with E-state index in [1.807, 2.05) is 54.6 Å². The van der Waals surface area contributed by atoms with Crippen molar-refractivity contribution in [3.05, 3.63) is 76.2 Å². The van der Waals surface area contributed by atoms with Gasteiger partial charge in [-0.25, -0.2) is 0 Å². The van der Waals surface area contributed by atoms with Crippen LogP contribution in [0, 0.1) is 11.3 Å². The Morgan fingerprint density at radius 1 is 1.10 bits per heavy atom. The average Bonchev–Trinajstić information content (AvgIpc) is 3.10. The van der Waals surface area contributed by atoms with Crippen LogP contribution in [-0.2, 0) is 13.0 Å². The summed E-state index contributed by atoms with van der Waals surface area (Å²) in [5.74, 6) is -0.180. The zero-order chi connectivity index (χ0) is 20.4. The molecule has 3 aromatic rings. The van der Waals surface area contributed by atoms with Crippen LogP contribution in [0.25, 0.3) is 11.1 Å². The van der Waals surface area contributed by atoms with Gasteiger partial charge in [-0.15, -0.1) is 11.3 Å². The Morgan fingerprint density at radius 3 is 2.45 bits per heavy atom. The van der Waals surface area contributed by atoms with E-state index in [-0.39, 0.29) is 5.91 Å². The molecule has 4 nitrogen and oxygen atoms in total. The third kappa shape index (κ3) is 3.95. The van der Waals surface area contributed by atoms with E-state index in [1.54, 1.807) is 0 Å². The molecule has 0 saturated heterocycles. The molecule has 2 aromatic carbocycles. The van der Waals surface area contributed by atoms with E-state index in [9.17, 15) is 10.1 Å². The standard InChI is InChI=1S/C24H23N3OS/c1-16(2)27-13-12-20-21(14-25)24(29-22(20)15-27)26-23(28)19-10-8-18(9-11-19)17-6-4-3-5-7-17/h3-11,16H,12-13,15H2,1-2H3,(H,26,28). The number of carbonyl (C=O) groups is 1. The maximum Gasteiger partial charge on any atom is 0.256 e. The average molecular weight is 402 g/mol. The predicted molar refractivity (Wildman–Crippen MR) is 118 cm³/mol. The summed E-state index contributed by atoms with van der Waals surface area (Å²) in [5.41, 5.74) is 4.50. The van der Waals surface area contributed by atoms with Gasteiger partial charge in [-0.3, -0.25) is 9.69 Å². The largest absolute Gasteiger partial charge is 0.312 e. The van der Waals surface area contributed by atoms with Gasteiger partial charge in [0, 0.05) is 29.6 Å². The zero-order valence-corrected chi connectivity index (χ0v) is 17.4. The summed E-state index contributed by atoms with van der Waals surface area (Å²) >= 11 is 1.53. The number of amides is 1. The minimum Gasteiger partial charge on any atom is -0.312 e. The Morgan fingerprint density at radius 2 is 1.79 bits per heavy atom. The molecule has 1 aliphatic heterocycles. The van der Waals surface area contributed by atoms with Crippen LogP contribution in [0.4, 0.5) is 5.00 Å². The van der Waals surface area contributed by atoms with Crippen molar-refractivity contribution in [2.75, 3.05) is 11.9 Å². The Kier molecular flexibility index (Phi) is 5.48. The maximum atomic E-state index is 12.8. The molecule has 0 aliphatic carbocycles. The van der Waals surface area contributed by atoms with E-state index < -0.39 is 0 Å². The van der Waals surface area contributed by atoms with Gasteiger partial charge in [-0.2, -0.15) is 5.26 Å². The molecule has 2 heterocycles. The van der Waals surface area contributed by atoms with Crippen molar-refractivity contribution in [1.29, 1.82) is 5.26 Å². The van der Waals surface area contributed by atoms with Gasteiger partial charge in [0.25, 0.3) is 5.91 Å². The molecule has 1 N–H and O–H groups in total. The van der Waals surface area contributed by atoms with Crippen LogP contribution in [0.3, 0.4) is 0 Å². The highest BCUT2D eigenvalue weighted by Crippen LogP contribution is 2.37. The first-order valence-electron chi connectivity index (χ1n) is 9.82. The molecule has 1 amide bonds. The Hall–Kier alpha value is -2.94. The molecule has 29 heavy (non-hydrogen) atoms. The van der Waals surface area contributed by atoms with Crippen molar-refractivity contribution in [1.82, 2.24) is 4.90 Å². The van der Waals surface area contributed by atoms with E-state index >= 15 is 0 Å². The molecule has 0 atom stereocenters. The zero-order valence-electron chi connectivity index (χ0n) is 16.6. The van der Waals surface area contributed by atoms with E-state index in [0.717, 1.165) is 36.2 Å². The normalized spacial score (nSPS) is 13.7. The van der Waals surface area contributed by atoms with Gasteiger partial charge >= 0.3 is 0 Å². The van der Waals surface area contributed by atoms with Crippen molar-refractivity contribution in [3.8, 4) is 17.2 Å². The number of nitrogens with one attached hydrogen (secondary N) is 1. The fourth-order valence-electron chi connectivity index (χ4n) is 3.69. The second-order valence-corrected chi connectivity index (χ2v) is 8.64. The molecule has 0 spiro atoms. The first-order valence-corrected chi connectivity index (χ1v) is 10.6. The van der Waals surface area contributed by atoms with E-state index in [2.05, 4.69) is 30.1 Å². The summed E-state index contributed by atoms with van der Waals surface area (Å²) in [7, 11) is 0. The van der Waals surface area contributed by atoms with Gasteiger partial charge in [-0.1, -0.05) is 42.5 Å². The maximum absolute atomic E-state index is 12.8. The smallest absolute Gasteiger partial charge is 0.256 e. The third-order valence-electron chi connectivity index (χ3n) is 5.41. The molecule has 5 heteroatoms. The summed E-state index contributed by atoms with van der Waals surface area (Å²) in [6.07, 6.45) is 0.856. The highest BCUT2D eigenvalue weighted by Gasteiger charge is 2.26. The second kappa shape index (κ2) is 8.20. The minimum absolute atomic E-state index is 0.180. The molecule has 0 fully saturated rings. The molecule has 0 unspecified atom stereocenters. The van der Waals surface area contributed by atoms with Crippen molar-refractivity contribution in [3.63, 3.8) is 0 Å². The van der Waals surface area contributed by atoms with Crippen molar-refractivity contribution >= 4 is 22.2 Å². The molecular weight excluding hydrogens is 378 g/mol. The second-order valence-electron chi connectivity index (χ2n) is 7.53. The van der Waals surface area contributed by atoms with Crippen LogP contribution in [0.5, 0.6) is 0 Å². The van der Waals surface area contributed by atoms with Gasteiger partial charge in [0.05, 0.1) is 5.56 Å². The number of nitrogens with zero attached hydrogens (tertiary/aromatic N) is 2. The summed E-state index contributed by atoms with van der Waals surface area (Å²) < 4.78 is 0. The number of benzene rings is 2. The number of thiophene rings is 1. The van der Waals surface area contributed by atoms with E-state index in [4.69, 9.17) is 0 Å². The van der Waals surface area contributed by atoms with E-state index in [0.29, 0.717) is 22.2 Å². The van der Waals surface area contributed by atoms with Crippen LogP contribution < -0.4 is 5.32 Å². The summed E-state index contributed by atoms with van der Waals surface area (Å²) in [5, 5.41) is 13.3. The Balaban J connectivity index is 1.54. The van der Waals surface area contributed by atoms with Crippen molar-refractivity contribution < 1.29 is 4.79 Å². The highest BCUT2D eigenvalue weighted by molar-refractivity contribution is 7.16. The molecule has 0 bridgehead atoms.